The summed E-state index contributed by atoms with van der Waals surface area (Å²) in [6.45, 7) is 3.90. The van der Waals surface area contributed by atoms with E-state index in [4.69, 9.17) is 9.15 Å². The fourth-order valence-electron chi connectivity index (χ4n) is 2.27. The van der Waals surface area contributed by atoms with Crippen LogP contribution < -0.4 is 0 Å². The van der Waals surface area contributed by atoms with Gasteiger partial charge in [-0.15, -0.1) is 10.2 Å². The molecular formula is C14H17N3O3S. The van der Waals surface area contributed by atoms with E-state index < -0.39 is 0 Å². The molecule has 112 valence electrons. The third-order valence-corrected chi connectivity index (χ3v) is 4.06. The first kappa shape index (κ1) is 14.2. The number of carbonyl (C=O) groups is 1. The van der Waals surface area contributed by atoms with E-state index in [1.165, 1.54) is 0 Å². The topological polar surface area (TPSA) is 68.5 Å². The molecule has 1 amide bonds. The van der Waals surface area contributed by atoms with Crippen LogP contribution >= 0.6 is 11.3 Å². The highest BCUT2D eigenvalue weighted by Crippen LogP contribution is 2.21. The first-order valence-corrected chi connectivity index (χ1v) is 7.91. The Bertz CT molecular complexity index is 596. The lowest BCUT2D eigenvalue weighted by Gasteiger charge is -2.31. The van der Waals surface area contributed by atoms with Gasteiger partial charge in [-0.1, -0.05) is 0 Å². The van der Waals surface area contributed by atoms with Gasteiger partial charge in [0.15, 0.2) is 0 Å². The Hall–Kier alpha value is -1.73. The Morgan fingerprint density at radius 2 is 2.43 bits per heavy atom. The van der Waals surface area contributed by atoms with Crippen LogP contribution in [0.4, 0.5) is 0 Å². The second-order valence-corrected chi connectivity index (χ2v) is 5.81. The minimum absolute atomic E-state index is 0.108. The van der Waals surface area contributed by atoms with Gasteiger partial charge in [-0.3, -0.25) is 4.79 Å². The molecule has 0 spiro atoms. The van der Waals surface area contributed by atoms with Crippen molar-refractivity contribution in [1.29, 1.82) is 0 Å². The van der Waals surface area contributed by atoms with Crippen molar-refractivity contribution in [2.45, 2.75) is 25.9 Å². The predicted octanol–water partition coefficient (Wildman–Crippen LogP) is 1.98. The van der Waals surface area contributed by atoms with Gasteiger partial charge in [-0.25, -0.2) is 0 Å². The summed E-state index contributed by atoms with van der Waals surface area (Å²) < 4.78 is 11.0. The molecule has 3 heterocycles. The minimum atomic E-state index is 0.108. The Morgan fingerprint density at radius 1 is 1.52 bits per heavy atom. The van der Waals surface area contributed by atoms with Gasteiger partial charge in [0.25, 0.3) is 0 Å². The third-order valence-electron chi connectivity index (χ3n) is 3.38. The molecule has 0 bridgehead atoms. The van der Waals surface area contributed by atoms with Gasteiger partial charge in [0.1, 0.15) is 0 Å². The Kier molecular flexibility index (Phi) is 4.31. The van der Waals surface area contributed by atoms with Gasteiger partial charge in [0.2, 0.25) is 17.7 Å². The van der Waals surface area contributed by atoms with Gasteiger partial charge in [0, 0.05) is 36.9 Å². The van der Waals surface area contributed by atoms with Crippen LogP contribution in [-0.2, 0) is 16.0 Å². The number of nitrogens with zero attached hydrogens (tertiary/aromatic N) is 3. The molecule has 6 nitrogen and oxygen atoms in total. The summed E-state index contributed by atoms with van der Waals surface area (Å²) in [6, 6.07) is 1.93. The van der Waals surface area contributed by atoms with Gasteiger partial charge in [-0.05, 0) is 18.4 Å². The van der Waals surface area contributed by atoms with Crippen molar-refractivity contribution < 1.29 is 13.9 Å². The summed E-state index contributed by atoms with van der Waals surface area (Å²) in [5.41, 5.74) is 0.923. The maximum Gasteiger partial charge on any atom is 0.248 e. The molecule has 7 heteroatoms. The Labute approximate surface area is 126 Å². The van der Waals surface area contributed by atoms with Crippen LogP contribution in [0.15, 0.2) is 21.2 Å². The van der Waals surface area contributed by atoms with Crippen LogP contribution in [0.3, 0.4) is 0 Å². The summed E-state index contributed by atoms with van der Waals surface area (Å²) in [5.74, 6) is 1.13. The van der Waals surface area contributed by atoms with Crippen molar-refractivity contribution in [3.05, 3.63) is 22.7 Å². The molecule has 1 fully saturated rings. The second kappa shape index (κ2) is 6.36. The molecule has 0 aliphatic carbocycles. The molecule has 0 saturated carbocycles. The largest absolute Gasteiger partial charge is 0.421 e. The van der Waals surface area contributed by atoms with E-state index >= 15 is 0 Å². The lowest BCUT2D eigenvalue weighted by molar-refractivity contribution is -0.138. The molecule has 1 aliphatic rings. The van der Waals surface area contributed by atoms with Crippen molar-refractivity contribution in [3.63, 3.8) is 0 Å². The molecule has 2 aromatic rings. The number of hydrogen-bond donors (Lipinski definition) is 0. The molecule has 2 aromatic heterocycles. The van der Waals surface area contributed by atoms with E-state index in [1.807, 2.05) is 28.7 Å². The van der Waals surface area contributed by atoms with E-state index in [0.29, 0.717) is 44.3 Å². The molecule has 0 aromatic carbocycles. The summed E-state index contributed by atoms with van der Waals surface area (Å²) in [5, 5.41) is 11.9. The molecule has 3 rings (SSSR count). The van der Waals surface area contributed by atoms with E-state index in [-0.39, 0.29) is 12.0 Å². The van der Waals surface area contributed by atoms with E-state index in [0.717, 1.165) is 5.56 Å². The van der Waals surface area contributed by atoms with Gasteiger partial charge < -0.3 is 14.1 Å². The summed E-state index contributed by atoms with van der Waals surface area (Å²) in [7, 11) is 0. The average molecular weight is 307 g/mol. The maximum absolute atomic E-state index is 12.1. The summed E-state index contributed by atoms with van der Waals surface area (Å²) in [4.78, 5) is 14.0. The lowest BCUT2D eigenvalue weighted by atomic mass is 10.2. The highest BCUT2D eigenvalue weighted by molar-refractivity contribution is 7.08. The number of aromatic nitrogens is 2. The van der Waals surface area contributed by atoms with Crippen LogP contribution in [0.5, 0.6) is 0 Å². The van der Waals surface area contributed by atoms with Crippen LogP contribution in [0.2, 0.25) is 0 Å². The maximum atomic E-state index is 12.1. The molecule has 1 unspecified atom stereocenters. The average Bonchev–Trinajstić information content (AvgIpc) is 3.15. The Morgan fingerprint density at radius 3 is 3.19 bits per heavy atom. The highest BCUT2D eigenvalue weighted by atomic mass is 32.1. The normalized spacial score (nSPS) is 18.9. The molecule has 0 radical (unpaired) electrons. The standard InChI is InChI=1S/C14H17N3O3S/c1-10-8-17(5-6-19-10)13(18)3-2-12-15-16-14(20-12)11-4-7-21-9-11/h4,7,9-10H,2-3,5-6,8H2,1H3. The van der Waals surface area contributed by atoms with Gasteiger partial charge in [-0.2, -0.15) is 11.3 Å². The number of ether oxygens (including phenoxy) is 1. The zero-order chi connectivity index (χ0) is 14.7. The van der Waals surface area contributed by atoms with Gasteiger partial charge >= 0.3 is 0 Å². The van der Waals surface area contributed by atoms with E-state index in [9.17, 15) is 4.79 Å². The second-order valence-electron chi connectivity index (χ2n) is 5.03. The molecular weight excluding hydrogens is 290 g/mol. The first-order valence-electron chi connectivity index (χ1n) is 6.96. The third kappa shape index (κ3) is 3.48. The van der Waals surface area contributed by atoms with Crippen LogP contribution in [-0.4, -0.2) is 46.8 Å². The lowest BCUT2D eigenvalue weighted by Crippen LogP contribution is -2.44. The smallest absolute Gasteiger partial charge is 0.248 e. The number of carbonyl (C=O) groups excluding carboxylic acids is 1. The number of morpholine rings is 1. The van der Waals surface area contributed by atoms with Crippen molar-refractivity contribution in [1.82, 2.24) is 15.1 Å². The number of amides is 1. The number of rotatable bonds is 4. The molecule has 21 heavy (non-hydrogen) atoms. The fourth-order valence-corrected chi connectivity index (χ4v) is 2.90. The summed E-state index contributed by atoms with van der Waals surface area (Å²) >= 11 is 1.58. The quantitative estimate of drug-likeness (QED) is 0.864. The molecule has 1 saturated heterocycles. The van der Waals surface area contributed by atoms with Crippen molar-refractivity contribution in [2.75, 3.05) is 19.7 Å². The van der Waals surface area contributed by atoms with Crippen molar-refractivity contribution in [3.8, 4) is 11.5 Å². The van der Waals surface area contributed by atoms with Crippen LogP contribution in [0.25, 0.3) is 11.5 Å². The zero-order valence-electron chi connectivity index (χ0n) is 11.8. The minimum Gasteiger partial charge on any atom is -0.421 e. The highest BCUT2D eigenvalue weighted by Gasteiger charge is 2.21. The van der Waals surface area contributed by atoms with Crippen molar-refractivity contribution in [2.24, 2.45) is 0 Å². The van der Waals surface area contributed by atoms with E-state index in [2.05, 4.69) is 10.2 Å². The number of aryl methyl sites for hydroxylation is 1. The number of hydrogen-bond acceptors (Lipinski definition) is 6. The summed E-state index contributed by atoms with van der Waals surface area (Å²) in [6.07, 6.45) is 0.968. The Balaban J connectivity index is 1.54. The van der Waals surface area contributed by atoms with E-state index in [1.54, 1.807) is 11.3 Å². The molecule has 1 atom stereocenters. The van der Waals surface area contributed by atoms with Crippen LogP contribution in [0.1, 0.15) is 19.2 Å². The SMILES string of the molecule is CC1CN(C(=O)CCc2nnc(-c3ccsc3)o2)CCO1. The zero-order valence-corrected chi connectivity index (χ0v) is 12.6. The first-order chi connectivity index (χ1) is 10.2. The molecule has 0 N–H and O–H groups in total. The molecule has 1 aliphatic heterocycles. The number of thiophene rings is 1. The predicted molar refractivity (Wildman–Crippen MR) is 77.9 cm³/mol. The van der Waals surface area contributed by atoms with Crippen LogP contribution in [0, 0.1) is 0 Å². The van der Waals surface area contributed by atoms with Gasteiger partial charge in [0.05, 0.1) is 12.7 Å². The fraction of sp³-hybridized carbons (Fsp3) is 0.500. The van der Waals surface area contributed by atoms with Crippen molar-refractivity contribution >= 4 is 17.2 Å². The monoisotopic (exact) mass is 307 g/mol.